The van der Waals surface area contributed by atoms with E-state index in [1.165, 1.54) is 6.42 Å². The molecule has 2 fully saturated rings. The number of terminal acetylenes is 1. The maximum atomic E-state index is 11.9. The fourth-order valence-electron chi connectivity index (χ4n) is 2.96. The Morgan fingerprint density at radius 3 is 2.88 bits per heavy atom. The number of fused-ring (bicyclic) bond motifs is 1. The molecule has 17 heavy (non-hydrogen) atoms. The summed E-state index contributed by atoms with van der Waals surface area (Å²) in [7, 11) is 0. The summed E-state index contributed by atoms with van der Waals surface area (Å²) in [5, 5.41) is 3.50. The number of hydrogen-bond acceptors (Lipinski definition) is 2. The zero-order valence-corrected chi connectivity index (χ0v) is 10.8. The monoisotopic (exact) mass is 234 g/mol. The van der Waals surface area contributed by atoms with Crippen molar-refractivity contribution in [1.82, 2.24) is 10.2 Å². The second-order valence-corrected chi connectivity index (χ2v) is 5.52. The summed E-state index contributed by atoms with van der Waals surface area (Å²) in [5.41, 5.74) is 0. The number of piperidine rings is 1. The summed E-state index contributed by atoms with van der Waals surface area (Å²) in [6, 6.07) is 0.715. The van der Waals surface area contributed by atoms with Gasteiger partial charge in [0.2, 0.25) is 5.91 Å². The van der Waals surface area contributed by atoms with Crippen LogP contribution in [0, 0.1) is 18.3 Å². The van der Waals surface area contributed by atoms with Crippen LogP contribution < -0.4 is 5.32 Å². The lowest BCUT2D eigenvalue weighted by Gasteiger charge is -2.34. The smallest absolute Gasteiger partial charge is 0.224 e. The van der Waals surface area contributed by atoms with E-state index in [4.69, 9.17) is 6.42 Å². The maximum Gasteiger partial charge on any atom is 0.224 e. The number of carbonyl (C=O) groups is 1. The molecular weight excluding hydrogens is 212 g/mol. The lowest BCUT2D eigenvalue weighted by Crippen LogP contribution is -2.49. The zero-order valence-electron chi connectivity index (χ0n) is 10.8. The highest BCUT2D eigenvalue weighted by atomic mass is 16.2. The molecule has 0 aromatic heterocycles. The van der Waals surface area contributed by atoms with Gasteiger partial charge >= 0.3 is 0 Å². The van der Waals surface area contributed by atoms with Crippen molar-refractivity contribution in [2.24, 2.45) is 5.92 Å². The zero-order chi connectivity index (χ0) is 12.4. The number of hydrogen-bond donors (Lipinski definition) is 1. The molecule has 3 nitrogen and oxygen atoms in total. The molecule has 0 aromatic rings. The highest BCUT2D eigenvalue weighted by Gasteiger charge is 2.41. The summed E-state index contributed by atoms with van der Waals surface area (Å²) in [4.78, 5) is 13.9. The van der Waals surface area contributed by atoms with Gasteiger partial charge in [-0.2, -0.15) is 0 Å². The molecule has 2 rings (SSSR count). The Hall–Kier alpha value is -1.01. The minimum absolute atomic E-state index is 0.0784. The van der Waals surface area contributed by atoms with Crippen molar-refractivity contribution in [3.8, 4) is 12.3 Å². The van der Waals surface area contributed by atoms with Crippen molar-refractivity contribution in [2.45, 2.75) is 57.7 Å². The highest BCUT2D eigenvalue weighted by molar-refractivity contribution is 5.80. The summed E-state index contributed by atoms with van der Waals surface area (Å²) >= 11 is 0. The second-order valence-electron chi connectivity index (χ2n) is 5.52. The number of nitrogens with one attached hydrogen (secondary N) is 1. The molecule has 2 aliphatic heterocycles. The lowest BCUT2D eigenvalue weighted by atomic mass is 9.96. The molecular formula is C14H22N2O. The van der Waals surface area contributed by atoms with E-state index in [0.29, 0.717) is 24.3 Å². The molecule has 0 aromatic carbocycles. The van der Waals surface area contributed by atoms with Crippen LogP contribution in [0.4, 0.5) is 0 Å². The number of carbonyl (C=O) groups excluding carboxylic acids is 1. The van der Waals surface area contributed by atoms with Gasteiger partial charge in [0.25, 0.3) is 0 Å². The van der Waals surface area contributed by atoms with Gasteiger partial charge in [0.15, 0.2) is 0 Å². The van der Waals surface area contributed by atoms with Crippen molar-refractivity contribution < 1.29 is 4.79 Å². The molecule has 3 heteroatoms. The normalized spacial score (nSPS) is 30.2. The molecule has 0 bridgehead atoms. The summed E-state index contributed by atoms with van der Waals surface area (Å²) < 4.78 is 0. The van der Waals surface area contributed by atoms with E-state index in [2.05, 4.69) is 30.0 Å². The van der Waals surface area contributed by atoms with E-state index in [1.54, 1.807) is 0 Å². The van der Waals surface area contributed by atoms with Gasteiger partial charge in [-0.3, -0.25) is 10.1 Å². The summed E-state index contributed by atoms with van der Waals surface area (Å²) in [5.74, 6) is 3.51. The van der Waals surface area contributed by atoms with Crippen LogP contribution in [0.2, 0.25) is 0 Å². The molecule has 1 amide bonds. The second kappa shape index (κ2) is 5.10. The number of nitrogens with zero attached hydrogens (tertiary/aromatic N) is 1. The first kappa shape index (κ1) is 12.4. The van der Waals surface area contributed by atoms with Crippen molar-refractivity contribution in [1.29, 1.82) is 0 Å². The van der Waals surface area contributed by atoms with E-state index in [0.717, 1.165) is 19.4 Å². The largest absolute Gasteiger partial charge is 0.338 e. The fourth-order valence-corrected chi connectivity index (χ4v) is 2.96. The van der Waals surface area contributed by atoms with Gasteiger partial charge in [0, 0.05) is 25.0 Å². The van der Waals surface area contributed by atoms with Crippen LogP contribution in [0.3, 0.4) is 0 Å². The summed E-state index contributed by atoms with van der Waals surface area (Å²) in [6.07, 6.45) is 9.67. The van der Waals surface area contributed by atoms with E-state index < -0.39 is 0 Å². The van der Waals surface area contributed by atoms with Gasteiger partial charge in [-0.25, -0.2) is 0 Å². The van der Waals surface area contributed by atoms with Gasteiger partial charge in [-0.1, -0.05) is 19.8 Å². The highest BCUT2D eigenvalue weighted by Crippen LogP contribution is 2.28. The van der Waals surface area contributed by atoms with Crippen molar-refractivity contribution >= 4 is 5.91 Å². The molecule has 2 heterocycles. The SMILES string of the molecule is C#CC(NC1CC(=O)N2CCCCC12)C(C)C. The Bertz CT molecular complexity index is 332. The molecule has 0 radical (unpaired) electrons. The minimum Gasteiger partial charge on any atom is -0.338 e. The van der Waals surface area contributed by atoms with E-state index >= 15 is 0 Å². The molecule has 0 saturated carbocycles. The fraction of sp³-hybridized carbons (Fsp3) is 0.786. The van der Waals surface area contributed by atoms with E-state index in [-0.39, 0.29) is 12.1 Å². The first-order valence-corrected chi connectivity index (χ1v) is 6.65. The number of amides is 1. The Morgan fingerprint density at radius 2 is 2.24 bits per heavy atom. The molecule has 1 N–H and O–H groups in total. The van der Waals surface area contributed by atoms with Crippen molar-refractivity contribution in [3.63, 3.8) is 0 Å². The van der Waals surface area contributed by atoms with Crippen LogP contribution in [0.5, 0.6) is 0 Å². The van der Waals surface area contributed by atoms with E-state index in [9.17, 15) is 4.79 Å². The van der Waals surface area contributed by atoms with Crippen molar-refractivity contribution in [3.05, 3.63) is 0 Å². The predicted molar refractivity (Wildman–Crippen MR) is 68.4 cm³/mol. The van der Waals surface area contributed by atoms with Gasteiger partial charge in [0.05, 0.1) is 6.04 Å². The standard InChI is InChI=1S/C14H22N2O/c1-4-11(10(2)3)15-12-9-14(17)16-8-6-5-7-13(12)16/h1,10-13,15H,5-9H2,2-3H3. The molecule has 0 aliphatic carbocycles. The Balaban J connectivity index is 2.02. The minimum atomic E-state index is 0.0784. The first-order valence-electron chi connectivity index (χ1n) is 6.65. The van der Waals surface area contributed by atoms with Crippen LogP contribution in [0.15, 0.2) is 0 Å². The van der Waals surface area contributed by atoms with Crippen LogP contribution >= 0.6 is 0 Å². The predicted octanol–water partition coefficient (Wildman–Crippen LogP) is 1.39. The van der Waals surface area contributed by atoms with Gasteiger partial charge in [0.1, 0.15) is 0 Å². The quantitative estimate of drug-likeness (QED) is 0.748. The molecule has 3 atom stereocenters. The van der Waals surface area contributed by atoms with Gasteiger partial charge < -0.3 is 4.90 Å². The third-order valence-corrected chi connectivity index (χ3v) is 3.97. The third-order valence-electron chi connectivity index (χ3n) is 3.97. The lowest BCUT2D eigenvalue weighted by molar-refractivity contribution is -0.129. The number of rotatable bonds is 3. The van der Waals surface area contributed by atoms with Crippen LogP contribution in [0.1, 0.15) is 39.5 Å². The average Bonchev–Trinajstić information content (AvgIpc) is 2.63. The molecule has 94 valence electrons. The summed E-state index contributed by atoms with van der Waals surface area (Å²) in [6.45, 7) is 5.17. The van der Waals surface area contributed by atoms with Crippen LogP contribution in [-0.4, -0.2) is 35.5 Å². The Kier molecular flexibility index (Phi) is 3.73. The maximum absolute atomic E-state index is 11.9. The van der Waals surface area contributed by atoms with Crippen LogP contribution in [-0.2, 0) is 4.79 Å². The van der Waals surface area contributed by atoms with Gasteiger partial charge in [-0.05, 0) is 25.2 Å². The molecule has 3 unspecified atom stereocenters. The molecule has 2 saturated heterocycles. The average molecular weight is 234 g/mol. The Morgan fingerprint density at radius 1 is 1.47 bits per heavy atom. The molecule has 0 spiro atoms. The Labute approximate surface area is 104 Å². The first-order chi connectivity index (χ1) is 8.13. The van der Waals surface area contributed by atoms with Crippen molar-refractivity contribution in [2.75, 3.05) is 6.54 Å². The van der Waals surface area contributed by atoms with E-state index in [1.807, 2.05) is 0 Å². The van der Waals surface area contributed by atoms with Crippen LogP contribution in [0.25, 0.3) is 0 Å². The third kappa shape index (κ3) is 2.47. The molecule has 2 aliphatic rings. The topological polar surface area (TPSA) is 32.3 Å². The van der Waals surface area contributed by atoms with Gasteiger partial charge in [-0.15, -0.1) is 6.42 Å².